The molecule has 5 nitrogen and oxygen atoms in total. The summed E-state index contributed by atoms with van der Waals surface area (Å²) in [5.74, 6) is -2.57. The predicted octanol–water partition coefficient (Wildman–Crippen LogP) is 3.74. The third kappa shape index (κ3) is 2.87. The number of ketones is 1. The van der Waals surface area contributed by atoms with E-state index >= 15 is 0 Å². The summed E-state index contributed by atoms with van der Waals surface area (Å²) in [5, 5.41) is 14.6. The van der Waals surface area contributed by atoms with Gasteiger partial charge in [-0.1, -0.05) is 36.4 Å². The van der Waals surface area contributed by atoms with Crippen LogP contribution in [-0.2, 0) is 4.79 Å². The van der Waals surface area contributed by atoms with Crippen molar-refractivity contribution in [2.75, 3.05) is 0 Å². The van der Waals surface area contributed by atoms with Crippen molar-refractivity contribution in [3.05, 3.63) is 47.7 Å². The van der Waals surface area contributed by atoms with Crippen LogP contribution in [-0.4, -0.2) is 17.7 Å². The van der Waals surface area contributed by atoms with Crippen LogP contribution in [0.5, 0.6) is 0 Å². The Morgan fingerprint density at radius 3 is 2.52 bits per heavy atom. The first kappa shape index (κ1) is 16.7. The Balaban J connectivity index is 2.10. The van der Waals surface area contributed by atoms with Crippen molar-refractivity contribution >= 4 is 33.4 Å². The number of Topliss-reactive ketones (excluding diaryl/α,β-unsaturated/α-hetero) is 1. The molecule has 1 aromatic heterocycles. The Hall–Kier alpha value is -3.13. The average Bonchev–Trinajstić information content (AvgIpc) is 2.92. The number of aryl methyl sites for hydroxylation is 1. The minimum Gasteiger partial charge on any atom is -0.452 e. The molecule has 0 saturated carbocycles. The summed E-state index contributed by atoms with van der Waals surface area (Å²) in [5.41, 5.74) is 1.24. The van der Waals surface area contributed by atoms with Gasteiger partial charge < -0.3 is 9.73 Å². The number of rotatable bonds is 4. The van der Waals surface area contributed by atoms with Crippen LogP contribution in [0.1, 0.15) is 30.0 Å². The molecule has 1 amide bonds. The van der Waals surface area contributed by atoms with Crippen molar-refractivity contribution in [2.24, 2.45) is 5.92 Å². The van der Waals surface area contributed by atoms with Crippen molar-refractivity contribution in [3.8, 4) is 6.07 Å². The van der Waals surface area contributed by atoms with E-state index in [4.69, 9.17) is 4.42 Å². The van der Waals surface area contributed by atoms with E-state index in [1.165, 1.54) is 0 Å². The van der Waals surface area contributed by atoms with Crippen LogP contribution in [0.25, 0.3) is 21.7 Å². The molecule has 0 aliphatic heterocycles. The molecule has 3 rings (SSSR count). The third-order valence-electron chi connectivity index (χ3n) is 4.14. The number of carbonyl (C=O) groups excluding carboxylic acids is 2. The van der Waals surface area contributed by atoms with Crippen molar-refractivity contribution in [3.63, 3.8) is 0 Å². The van der Waals surface area contributed by atoms with Gasteiger partial charge in [-0.05, 0) is 26.2 Å². The van der Waals surface area contributed by atoms with Crippen LogP contribution in [0, 0.1) is 24.2 Å². The average molecular weight is 334 g/mol. The molecule has 0 bridgehead atoms. The molecule has 0 aliphatic carbocycles. The standard InChI is InChI=1S/C20H18N2O3/c1-11(2)22-20(24)16(10-21)17(23)18-12(3)14-9-8-13-6-4-5-7-15(13)19(14)25-18/h4-9,11,16H,1-3H3,(H,22,24). The van der Waals surface area contributed by atoms with Gasteiger partial charge in [0.25, 0.3) is 0 Å². The highest BCUT2D eigenvalue weighted by Crippen LogP contribution is 2.32. The summed E-state index contributed by atoms with van der Waals surface area (Å²) in [4.78, 5) is 24.9. The van der Waals surface area contributed by atoms with Gasteiger partial charge in [0.2, 0.25) is 11.7 Å². The molecular weight excluding hydrogens is 316 g/mol. The Morgan fingerprint density at radius 2 is 1.84 bits per heavy atom. The molecular formula is C20H18N2O3. The van der Waals surface area contributed by atoms with E-state index < -0.39 is 17.6 Å². The minimum absolute atomic E-state index is 0.0665. The molecule has 1 unspecified atom stereocenters. The Morgan fingerprint density at radius 1 is 1.12 bits per heavy atom. The molecule has 0 fully saturated rings. The van der Waals surface area contributed by atoms with Gasteiger partial charge >= 0.3 is 0 Å². The molecule has 2 aromatic carbocycles. The number of hydrogen-bond acceptors (Lipinski definition) is 4. The fraction of sp³-hybridized carbons (Fsp3) is 0.250. The highest BCUT2D eigenvalue weighted by atomic mass is 16.3. The monoisotopic (exact) mass is 334 g/mol. The van der Waals surface area contributed by atoms with Gasteiger partial charge in [0.05, 0.1) is 6.07 Å². The van der Waals surface area contributed by atoms with Crippen molar-refractivity contribution < 1.29 is 14.0 Å². The first-order valence-corrected chi connectivity index (χ1v) is 8.09. The summed E-state index contributed by atoms with van der Waals surface area (Å²) in [7, 11) is 0. The van der Waals surface area contributed by atoms with Crippen LogP contribution >= 0.6 is 0 Å². The number of furan rings is 1. The fourth-order valence-electron chi connectivity index (χ4n) is 2.92. The number of fused-ring (bicyclic) bond motifs is 3. The van der Waals surface area contributed by atoms with Crippen molar-refractivity contribution in [1.29, 1.82) is 5.26 Å². The highest BCUT2D eigenvalue weighted by molar-refractivity contribution is 6.15. The van der Waals surface area contributed by atoms with E-state index in [1.54, 1.807) is 26.8 Å². The summed E-state index contributed by atoms with van der Waals surface area (Å²) in [6, 6.07) is 13.2. The van der Waals surface area contributed by atoms with E-state index in [1.807, 2.05) is 36.4 Å². The number of nitrogens with zero attached hydrogens (tertiary/aromatic N) is 1. The lowest BCUT2D eigenvalue weighted by Gasteiger charge is -2.11. The van der Waals surface area contributed by atoms with Gasteiger partial charge in [-0.3, -0.25) is 9.59 Å². The van der Waals surface area contributed by atoms with Gasteiger partial charge in [-0.2, -0.15) is 5.26 Å². The lowest BCUT2D eigenvalue weighted by molar-refractivity contribution is -0.122. The second-order valence-corrected chi connectivity index (χ2v) is 6.31. The molecule has 126 valence electrons. The lowest BCUT2D eigenvalue weighted by Crippen LogP contribution is -2.38. The van der Waals surface area contributed by atoms with Gasteiger partial charge in [0.15, 0.2) is 11.7 Å². The first-order valence-electron chi connectivity index (χ1n) is 8.09. The second-order valence-electron chi connectivity index (χ2n) is 6.31. The number of nitrogens with one attached hydrogen (secondary N) is 1. The zero-order chi connectivity index (χ0) is 18.1. The Bertz CT molecular complexity index is 1020. The van der Waals surface area contributed by atoms with Crippen LogP contribution in [0.3, 0.4) is 0 Å². The molecule has 25 heavy (non-hydrogen) atoms. The normalized spacial score (nSPS) is 12.3. The van der Waals surface area contributed by atoms with E-state index in [2.05, 4.69) is 5.32 Å². The Labute approximate surface area is 145 Å². The summed E-state index contributed by atoms with van der Waals surface area (Å²) >= 11 is 0. The van der Waals surface area contributed by atoms with Crippen molar-refractivity contribution in [2.45, 2.75) is 26.8 Å². The van der Waals surface area contributed by atoms with Gasteiger partial charge in [-0.15, -0.1) is 0 Å². The van der Waals surface area contributed by atoms with Crippen LogP contribution < -0.4 is 5.32 Å². The summed E-state index contributed by atoms with van der Waals surface area (Å²) in [6.45, 7) is 5.31. The fourth-order valence-corrected chi connectivity index (χ4v) is 2.92. The van der Waals surface area contributed by atoms with Crippen LogP contribution in [0.2, 0.25) is 0 Å². The summed E-state index contributed by atoms with van der Waals surface area (Å²) < 4.78 is 5.83. The summed E-state index contributed by atoms with van der Waals surface area (Å²) in [6.07, 6.45) is 0. The zero-order valence-corrected chi connectivity index (χ0v) is 14.3. The minimum atomic E-state index is -1.42. The van der Waals surface area contributed by atoms with Crippen molar-refractivity contribution in [1.82, 2.24) is 5.32 Å². The molecule has 5 heteroatoms. The van der Waals surface area contributed by atoms with Crippen LogP contribution in [0.4, 0.5) is 0 Å². The van der Waals surface area contributed by atoms with Gasteiger partial charge in [0, 0.05) is 22.4 Å². The maximum absolute atomic E-state index is 12.7. The number of amides is 1. The molecule has 0 saturated heterocycles. The smallest absolute Gasteiger partial charge is 0.245 e. The number of hydrogen-bond donors (Lipinski definition) is 1. The Kier molecular flexibility index (Phi) is 4.28. The van der Waals surface area contributed by atoms with Gasteiger partial charge in [0.1, 0.15) is 5.58 Å². The molecule has 3 aromatic rings. The number of nitriles is 1. The van der Waals surface area contributed by atoms with Gasteiger partial charge in [-0.25, -0.2) is 0 Å². The van der Waals surface area contributed by atoms with Crippen LogP contribution in [0.15, 0.2) is 40.8 Å². The molecule has 0 spiro atoms. The van der Waals surface area contributed by atoms with E-state index in [0.717, 1.165) is 16.2 Å². The number of benzene rings is 2. The van der Waals surface area contributed by atoms with E-state index in [0.29, 0.717) is 11.1 Å². The number of carbonyl (C=O) groups is 2. The maximum atomic E-state index is 12.7. The third-order valence-corrected chi connectivity index (χ3v) is 4.14. The zero-order valence-electron chi connectivity index (χ0n) is 14.3. The topological polar surface area (TPSA) is 83.1 Å². The molecule has 1 atom stereocenters. The maximum Gasteiger partial charge on any atom is 0.245 e. The van der Waals surface area contributed by atoms with E-state index in [-0.39, 0.29) is 11.8 Å². The molecule has 0 radical (unpaired) electrons. The molecule has 1 heterocycles. The SMILES string of the molecule is Cc1c(C(=O)C(C#N)C(=O)NC(C)C)oc2c1ccc1ccccc12. The lowest BCUT2D eigenvalue weighted by atomic mass is 9.99. The first-order chi connectivity index (χ1) is 11.9. The largest absolute Gasteiger partial charge is 0.452 e. The predicted molar refractivity (Wildman–Crippen MR) is 95.2 cm³/mol. The molecule has 0 aliphatic rings. The highest BCUT2D eigenvalue weighted by Gasteiger charge is 2.32. The second kappa shape index (κ2) is 6.40. The molecule has 1 N–H and O–H groups in total. The van der Waals surface area contributed by atoms with E-state index in [9.17, 15) is 14.9 Å². The quantitative estimate of drug-likeness (QED) is 0.582.